The standard InChI is InChI=1S/C13H26N2O/c1-11(13-6-14-7-13)8-15-5-3-4-12(9-15)10-16-2/h11-14H,3-10H2,1-2H3. The highest BCUT2D eigenvalue weighted by atomic mass is 16.5. The van der Waals surface area contributed by atoms with Gasteiger partial charge < -0.3 is 15.0 Å². The average molecular weight is 226 g/mol. The van der Waals surface area contributed by atoms with E-state index in [-0.39, 0.29) is 0 Å². The van der Waals surface area contributed by atoms with Crippen molar-refractivity contribution >= 4 is 0 Å². The Labute approximate surface area is 99.5 Å². The van der Waals surface area contributed by atoms with Crippen LogP contribution >= 0.6 is 0 Å². The van der Waals surface area contributed by atoms with E-state index >= 15 is 0 Å². The van der Waals surface area contributed by atoms with Gasteiger partial charge in [-0.05, 0) is 50.2 Å². The summed E-state index contributed by atoms with van der Waals surface area (Å²) in [6, 6.07) is 0. The Bertz CT molecular complexity index is 204. The molecule has 2 aliphatic heterocycles. The maximum atomic E-state index is 5.28. The highest BCUT2D eigenvalue weighted by Gasteiger charge is 2.27. The normalized spacial score (nSPS) is 30.0. The number of nitrogens with one attached hydrogen (secondary N) is 1. The fourth-order valence-electron chi connectivity index (χ4n) is 2.96. The molecule has 2 saturated heterocycles. The molecule has 2 aliphatic rings. The van der Waals surface area contributed by atoms with Gasteiger partial charge in [-0.25, -0.2) is 0 Å². The van der Waals surface area contributed by atoms with Gasteiger partial charge in [-0.15, -0.1) is 0 Å². The zero-order chi connectivity index (χ0) is 11.4. The summed E-state index contributed by atoms with van der Waals surface area (Å²) in [5, 5.41) is 3.37. The summed E-state index contributed by atoms with van der Waals surface area (Å²) in [5.74, 6) is 2.54. The molecule has 3 heteroatoms. The number of nitrogens with zero attached hydrogens (tertiary/aromatic N) is 1. The molecule has 0 aromatic rings. The lowest BCUT2D eigenvalue weighted by Crippen LogP contribution is -2.49. The number of rotatable bonds is 5. The predicted octanol–water partition coefficient (Wildman–Crippen LogP) is 1.20. The van der Waals surface area contributed by atoms with E-state index in [0.29, 0.717) is 0 Å². The Hall–Kier alpha value is -0.120. The Morgan fingerprint density at radius 1 is 1.44 bits per heavy atom. The maximum absolute atomic E-state index is 5.28. The van der Waals surface area contributed by atoms with Crippen molar-refractivity contribution < 1.29 is 4.74 Å². The van der Waals surface area contributed by atoms with Crippen LogP contribution in [0, 0.1) is 17.8 Å². The summed E-state index contributed by atoms with van der Waals surface area (Å²) >= 11 is 0. The fourth-order valence-corrected chi connectivity index (χ4v) is 2.96. The van der Waals surface area contributed by atoms with Crippen molar-refractivity contribution in [2.24, 2.45) is 17.8 Å². The lowest BCUT2D eigenvalue weighted by molar-refractivity contribution is 0.0735. The average Bonchev–Trinajstić information content (AvgIpc) is 2.15. The van der Waals surface area contributed by atoms with E-state index in [1.165, 1.54) is 45.6 Å². The minimum absolute atomic E-state index is 0.769. The van der Waals surface area contributed by atoms with E-state index in [2.05, 4.69) is 17.1 Å². The summed E-state index contributed by atoms with van der Waals surface area (Å²) in [5.41, 5.74) is 0. The molecule has 2 unspecified atom stereocenters. The van der Waals surface area contributed by atoms with Gasteiger partial charge in [0.1, 0.15) is 0 Å². The highest BCUT2D eigenvalue weighted by molar-refractivity contribution is 4.82. The molecule has 0 spiro atoms. The first kappa shape index (κ1) is 12.3. The Morgan fingerprint density at radius 2 is 2.25 bits per heavy atom. The van der Waals surface area contributed by atoms with Crippen LogP contribution in [0.5, 0.6) is 0 Å². The fraction of sp³-hybridized carbons (Fsp3) is 1.00. The molecule has 3 nitrogen and oxygen atoms in total. The molecule has 94 valence electrons. The second-order valence-electron chi connectivity index (χ2n) is 5.62. The van der Waals surface area contributed by atoms with Crippen LogP contribution < -0.4 is 5.32 Å². The number of hydrogen-bond donors (Lipinski definition) is 1. The lowest BCUT2D eigenvalue weighted by Gasteiger charge is -2.38. The SMILES string of the molecule is COCC1CCCN(CC(C)C2CNC2)C1. The summed E-state index contributed by atoms with van der Waals surface area (Å²) in [6.07, 6.45) is 2.70. The molecule has 2 fully saturated rings. The largest absolute Gasteiger partial charge is 0.384 e. The zero-order valence-corrected chi connectivity index (χ0v) is 10.7. The molecule has 2 heterocycles. The van der Waals surface area contributed by atoms with Crippen LogP contribution in [-0.4, -0.2) is 51.3 Å². The Morgan fingerprint density at radius 3 is 2.88 bits per heavy atom. The third kappa shape index (κ3) is 3.19. The van der Waals surface area contributed by atoms with Crippen molar-refractivity contribution in [1.29, 1.82) is 0 Å². The predicted molar refractivity (Wildman–Crippen MR) is 66.6 cm³/mol. The van der Waals surface area contributed by atoms with Crippen LogP contribution in [0.25, 0.3) is 0 Å². The minimum atomic E-state index is 0.769. The van der Waals surface area contributed by atoms with Gasteiger partial charge in [-0.1, -0.05) is 6.92 Å². The smallest absolute Gasteiger partial charge is 0.0502 e. The molecule has 0 aromatic heterocycles. The zero-order valence-electron chi connectivity index (χ0n) is 10.7. The molecule has 0 aromatic carbocycles. The number of methoxy groups -OCH3 is 1. The Balaban J connectivity index is 1.71. The molecule has 16 heavy (non-hydrogen) atoms. The summed E-state index contributed by atoms with van der Waals surface area (Å²) < 4.78 is 5.28. The topological polar surface area (TPSA) is 24.5 Å². The van der Waals surface area contributed by atoms with Crippen molar-refractivity contribution in [3.05, 3.63) is 0 Å². The second kappa shape index (κ2) is 5.99. The van der Waals surface area contributed by atoms with E-state index in [4.69, 9.17) is 4.74 Å². The number of likely N-dealkylation sites (tertiary alicyclic amines) is 1. The van der Waals surface area contributed by atoms with Crippen LogP contribution in [0.4, 0.5) is 0 Å². The molecule has 0 radical (unpaired) electrons. The van der Waals surface area contributed by atoms with Gasteiger partial charge in [0.25, 0.3) is 0 Å². The molecule has 2 rings (SSSR count). The second-order valence-corrected chi connectivity index (χ2v) is 5.62. The number of ether oxygens (including phenoxy) is 1. The number of piperidine rings is 1. The van der Waals surface area contributed by atoms with Gasteiger partial charge in [0, 0.05) is 20.2 Å². The van der Waals surface area contributed by atoms with Crippen molar-refractivity contribution in [1.82, 2.24) is 10.2 Å². The third-order valence-electron chi connectivity index (χ3n) is 4.17. The maximum Gasteiger partial charge on any atom is 0.0502 e. The molecule has 0 amide bonds. The first-order valence-corrected chi connectivity index (χ1v) is 6.71. The molecular formula is C13H26N2O. The third-order valence-corrected chi connectivity index (χ3v) is 4.17. The van der Waals surface area contributed by atoms with Crippen molar-refractivity contribution in [2.45, 2.75) is 19.8 Å². The van der Waals surface area contributed by atoms with Crippen LogP contribution in [0.1, 0.15) is 19.8 Å². The van der Waals surface area contributed by atoms with Gasteiger partial charge >= 0.3 is 0 Å². The van der Waals surface area contributed by atoms with E-state index in [0.717, 1.165) is 24.4 Å². The minimum Gasteiger partial charge on any atom is -0.384 e. The molecule has 2 atom stereocenters. The Kier molecular flexibility index (Phi) is 4.62. The quantitative estimate of drug-likeness (QED) is 0.762. The van der Waals surface area contributed by atoms with Gasteiger partial charge in [0.2, 0.25) is 0 Å². The van der Waals surface area contributed by atoms with Crippen molar-refractivity contribution in [2.75, 3.05) is 46.4 Å². The monoisotopic (exact) mass is 226 g/mol. The number of hydrogen-bond acceptors (Lipinski definition) is 3. The lowest BCUT2D eigenvalue weighted by atomic mass is 9.87. The van der Waals surface area contributed by atoms with Crippen LogP contribution in [0.15, 0.2) is 0 Å². The van der Waals surface area contributed by atoms with E-state index in [9.17, 15) is 0 Å². The highest BCUT2D eigenvalue weighted by Crippen LogP contribution is 2.21. The molecule has 0 aliphatic carbocycles. The van der Waals surface area contributed by atoms with Crippen molar-refractivity contribution in [3.63, 3.8) is 0 Å². The first-order valence-electron chi connectivity index (χ1n) is 6.71. The van der Waals surface area contributed by atoms with Gasteiger partial charge in [0.15, 0.2) is 0 Å². The van der Waals surface area contributed by atoms with Gasteiger partial charge in [0.05, 0.1) is 6.61 Å². The van der Waals surface area contributed by atoms with E-state index < -0.39 is 0 Å². The first-order chi connectivity index (χ1) is 7.79. The molecule has 1 N–H and O–H groups in total. The summed E-state index contributed by atoms with van der Waals surface area (Å²) in [7, 11) is 1.82. The molecule has 0 bridgehead atoms. The molecular weight excluding hydrogens is 200 g/mol. The van der Waals surface area contributed by atoms with Crippen LogP contribution in [-0.2, 0) is 4.74 Å². The molecule has 0 saturated carbocycles. The van der Waals surface area contributed by atoms with E-state index in [1.54, 1.807) is 0 Å². The van der Waals surface area contributed by atoms with Crippen molar-refractivity contribution in [3.8, 4) is 0 Å². The summed E-state index contributed by atoms with van der Waals surface area (Å²) in [4.78, 5) is 2.65. The van der Waals surface area contributed by atoms with E-state index in [1.807, 2.05) is 7.11 Å². The van der Waals surface area contributed by atoms with Crippen LogP contribution in [0.3, 0.4) is 0 Å². The summed E-state index contributed by atoms with van der Waals surface area (Å²) in [6.45, 7) is 9.64. The van der Waals surface area contributed by atoms with Gasteiger partial charge in [-0.3, -0.25) is 0 Å². The van der Waals surface area contributed by atoms with Crippen LogP contribution in [0.2, 0.25) is 0 Å². The van der Waals surface area contributed by atoms with Gasteiger partial charge in [-0.2, -0.15) is 0 Å².